The van der Waals surface area contributed by atoms with Crippen LogP contribution in [0.2, 0.25) is 0 Å². The van der Waals surface area contributed by atoms with Gasteiger partial charge in [0.25, 0.3) is 0 Å². The van der Waals surface area contributed by atoms with Crippen LogP contribution in [0.5, 0.6) is 0 Å². The summed E-state index contributed by atoms with van der Waals surface area (Å²) >= 11 is 0. The molecular weight excluding hydrogens is 288 g/mol. The smallest absolute Gasteiger partial charge is 0.325 e. The minimum atomic E-state index is -0.925. The molecule has 1 aromatic heterocycles. The third-order valence-electron chi connectivity index (χ3n) is 1.76. The third kappa shape index (κ3) is 7.36. The largest absolute Gasteiger partial charge is 0.480 e. The SMILES string of the molecule is Cl.Cl.Cl.NCCNC(C(=O)O)c1cccnc1. The lowest BCUT2D eigenvalue weighted by molar-refractivity contribution is -0.139. The topological polar surface area (TPSA) is 88.2 Å². The first kappa shape index (κ1) is 21.7. The summed E-state index contributed by atoms with van der Waals surface area (Å²) in [6.45, 7) is 0.871. The van der Waals surface area contributed by atoms with Crippen molar-refractivity contribution >= 4 is 43.2 Å². The second-order valence-corrected chi connectivity index (χ2v) is 2.80. The van der Waals surface area contributed by atoms with Crippen LogP contribution < -0.4 is 11.1 Å². The number of nitrogens with zero attached hydrogens (tertiary/aromatic N) is 1. The molecule has 100 valence electrons. The number of carboxylic acids is 1. The number of aliphatic carboxylic acids is 1. The summed E-state index contributed by atoms with van der Waals surface area (Å²) in [6, 6.07) is 2.69. The fourth-order valence-corrected chi connectivity index (χ4v) is 1.12. The minimum absolute atomic E-state index is 0. The van der Waals surface area contributed by atoms with E-state index in [0.717, 1.165) is 0 Å². The lowest BCUT2D eigenvalue weighted by Gasteiger charge is -2.13. The van der Waals surface area contributed by atoms with Gasteiger partial charge in [-0.3, -0.25) is 15.1 Å². The van der Waals surface area contributed by atoms with Gasteiger partial charge in [0.05, 0.1) is 0 Å². The van der Waals surface area contributed by atoms with Crippen molar-refractivity contribution in [3.63, 3.8) is 0 Å². The molecule has 0 amide bonds. The van der Waals surface area contributed by atoms with Gasteiger partial charge in [-0.05, 0) is 11.6 Å². The number of nitrogens with one attached hydrogen (secondary N) is 1. The maximum absolute atomic E-state index is 10.9. The Bertz CT molecular complexity index is 301. The molecule has 17 heavy (non-hydrogen) atoms. The summed E-state index contributed by atoms with van der Waals surface area (Å²) in [6.07, 6.45) is 3.13. The Labute approximate surface area is 118 Å². The van der Waals surface area contributed by atoms with E-state index in [4.69, 9.17) is 10.8 Å². The Kier molecular flexibility index (Phi) is 15.1. The Balaban J connectivity index is -0.000000653. The van der Waals surface area contributed by atoms with E-state index in [1.165, 1.54) is 6.20 Å². The van der Waals surface area contributed by atoms with E-state index in [-0.39, 0.29) is 37.2 Å². The van der Waals surface area contributed by atoms with Gasteiger partial charge in [0.1, 0.15) is 6.04 Å². The molecule has 4 N–H and O–H groups in total. The molecule has 0 radical (unpaired) electrons. The zero-order valence-electron chi connectivity index (χ0n) is 8.91. The van der Waals surface area contributed by atoms with Crippen LogP contribution in [0.25, 0.3) is 0 Å². The summed E-state index contributed by atoms with van der Waals surface area (Å²) in [4.78, 5) is 14.7. The maximum Gasteiger partial charge on any atom is 0.325 e. The highest BCUT2D eigenvalue weighted by Gasteiger charge is 2.18. The van der Waals surface area contributed by atoms with Crippen LogP contribution in [0.3, 0.4) is 0 Å². The quantitative estimate of drug-likeness (QED) is 0.756. The Morgan fingerprint density at radius 3 is 2.53 bits per heavy atom. The number of pyridine rings is 1. The highest BCUT2D eigenvalue weighted by molar-refractivity contribution is 5.86. The molecule has 1 rings (SSSR count). The fraction of sp³-hybridized carbons (Fsp3) is 0.333. The van der Waals surface area contributed by atoms with Crippen LogP contribution in [-0.4, -0.2) is 29.1 Å². The van der Waals surface area contributed by atoms with Crippen molar-refractivity contribution < 1.29 is 9.90 Å². The van der Waals surface area contributed by atoms with Gasteiger partial charge in [0.15, 0.2) is 0 Å². The number of nitrogens with two attached hydrogens (primary N) is 1. The molecule has 0 aliphatic heterocycles. The molecule has 0 saturated carbocycles. The molecule has 1 atom stereocenters. The zero-order chi connectivity index (χ0) is 10.4. The summed E-state index contributed by atoms with van der Waals surface area (Å²) < 4.78 is 0. The van der Waals surface area contributed by atoms with Crippen molar-refractivity contribution in [3.8, 4) is 0 Å². The van der Waals surface area contributed by atoms with E-state index in [2.05, 4.69) is 10.3 Å². The van der Waals surface area contributed by atoms with Crippen molar-refractivity contribution in [2.24, 2.45) is 5.73 Å². The molecule has 8 heteroatoms. The van der Waals surface area contributed by atoms with Crippen LogP contribution in [0.4, 0.5) is 0 Å². The maximum atomic E-state index is 10.9. The second kappa shape index (κ2) is 11.9. The summed E-state index contributed by atoms with van der Waals surface area (Å²) in [5.74, 6) is -0.925. The molecule has 0 aromatic carbocycles. The monoisotopic (exact) mass is 303 g/mol. The lowest BCUT2D eigenvalue weighted by Crippen LogP contribution is -2.32. The van der Waals surface area contributed by atoms with Crippen molar-refractivity contribution in [3.05, 3.63) is 30.1 Å². The van der Waals surface area contributed by atoms with Crippen LogP contribution in [0.1, 0.15) is 11.6 Å². The molecule has 1 heterocycles. The van der Waals surface area contributed by atoms with Gasteiger partial charge in [0, 0.05) is 25.5 Å². The van der Waals surface area contributed by atoms with E-state index >= 15 is 0 Å². The van der Waals surface area contributed by atoms with Gasteiger partial charge in [-0.15, -0.1) is 37.2 Å². The lowest BCUT2D eigenvalue weighted by atomic mass is 10.1. The van der Waals surface area contributed by atoms with E-state index in [1.807, 2.05) is 0 Å². The van der Waals surface area contributed by atoms with Gasteiger partial charge >= 0.3 is 5.97 Å². The standard InChI is InChI=1S/C9H13N3O2.3ClH/c10-3-5-12-8(9(13)14)7-2-1-4-11-6-7;;;/h1-2,4,6,8,12H,3,5,10H2,(H,13,14);3*1H. The number of hydrogen-bond donors (Lipinski definition) is 3. The van der Waals surface area contributed by atoms with E-state index in [1.54, 1.807) is 18.3 Å². The number of halogens is 3. The molecule has 0 aliphatic rings. The van der Waals surface area contributed by atoms with Crippen molar-refractivity contribution in [1.82, 2.24) is 10.3 Å². The molecule has 0 aliphatic carbocycles. The first-order chi connectivity index (χ1) is 6.75. The van der Waals surface area contributed by atoms with E-state index in [0.29, 0.717) is 18.7 Å². The number of rotatable bonds is 5. The predicted molar refractivity (Wildman–Crippen MR) is 73.4 cm³/mol. The zero-order valence-corrected chi connectivity index (χ0v) is 11.4. The van der Waals surface area contributed by atoms with Gasteiger partial charge < -0.3 is 10.8 Å². The molecule has 1 unspecified atom stereocenters. The molecule has 5 nitrogen and oxygen atoms in total. The van der Waals surface area contributed by atoms with Gasteiger partial charge in [0.2, 0.25) is 0 Å². The number of aromatic nitrogens is 1. The van der Waals surface area contributed by atoms with E-state index < -0.39 is 12.0 Å². The third-order valence-corrected chi connectivity index (χ3v) is 1.76. The molecule has 1 aromatic rings. The summed E-state index contributed by atoms with van der Waals surface area (Å²) in [5.41, 5.74) is 5.92. The Morgan fingerprint density at radius 2 is 2.12 bits per heavy atom. The van der Waals surface area contributed by atoms with Gasteiger partial charge in [-0.2, -0.15) is 0 Å². The van der Waals surface area contributed by atoms with Crippen LogP contribution >= 0.6 is 37.2 Å². The summed E-state index contributed by atoms with van der Waals surface area (Å²) in [5, 5.41) is 11.7. The number of hydrogen-bond acceptors (Lipinski definition) is 4. The number of carbonyl (C=O) groups is 1. The van der Waals surface area contributed by atoms with Crippen molar-refractivity contribution in [2.45, 2.75) is 6.04 Å². The molecule has 0 fully saturated rings. The van der Waals surface area contributed by atoms with E-state index in [9.17, 15) is 4.79 Å². The van der Waals surface area contributed by atoms with Crippen molar-refractivity contribution in [1.29, 1.82) is 0 Å². The Morgan fingerprint density at radius 1 is 1.47 bits per heavy atom. The average molecular weight is 305 g/mol. The average Bonchev–Trinajstić information content (AvgIpc) is 2.19. The first-order valence-electron chi connectivity index (χ1n) is 4.32. The van der Waals surface area contributed by atoms with Crippen LogP contribution in [0, 0.1) is 0 Å². The second-order valence-electron chi connectivity index (χ2n) is 2.80. The number of carboxylic acid groups (broad SMARTS) is 1. The Hall–Kier alpha value is -0.590. The molecule has 0 spiro atoms. The first-order valence-corrected chi connectivity index (χ1v) is 4.32. The van der Waals surface area contributed by atoms with Crippen molar-refractivity contribution in [2.75, 3.05) is 13.1 Å². The summed E-state index contributed by atoms with van der Waals surface area (Å²) in [7, 11) is 0. The minimum Gasteiger partial charge on any atom is -0.480 e. The molecule has 0 saturated heterocycles. The predicted octanol–water partition coefficient (Wildman–Crippen LogP) is 1.02. The van der Waals surface area contributed by atoms with Crippen LogP contribution in [0.15, 0.2) is 24.5 Å². The molecule has 0 bridgehead atoms. The van der Waals surface area contributed by atoms with Gasteiger partial charge in [-0.25, -0.2) is 0 Å². The van der Waals surface area contributed by atoms with Gasteiger partial charge in [-0.1, -0.05) is 6.07 Å². The normalized spacial score (nSPS) is 10.2. The highest BCUT2D eigenvalue weighted by atomic mass is 35.5. The fourth-order valence-electron chi connectivity index (χ4n) is 1.12. The van der Waals surface area contributed by atoms with Crippen LogP contribution in [-0.2, 0) is 4.79 Å². The highest BCUT2D eigenvalue weighted by Crippen LogP contribution is 2.10. The molecular formula is C9H16Cl3N3O2.